The van der Waals surface area contributed by atoms with Crippen molar-refractivity contribution in [2.24, 2.45) is 11.8 Å². The van der Waals surface area contributed by atoms with Crippen LogP contribution in [0.4, 0.5) is 5.69 Å². The van der Waals surface area contributed by atoms with E-state index in [0.717, 1.165) is 11.1 Å². The van der Waals surface area contributed by atoms with Crippen LogP contribution in [0, 0.1) is 22.0 Å². The van der Waals surface area contributed by atoms with Gasteiger partial charge in [0.05, 0.1) is 33.4 Å². The number of imide groups is 1. The summed E-state index contributed by atoms with van der Waals surface area (Å²) in [6.07, 6.45) is 0. The zero-order chi connectivity index (χ0) is 27.1. The second kappa shape index (κ2) is 8.73. The summed E-state index contributed by atoms with van der Waals surface area (Å²) in [6, 6.07) is 13.6. The highest BCUT2D eigenvalue weighted by atomic mass is 35.5. The molecule has 0 unspecified atom stereocenters. The number of allylic oxidation sites excluding steroid dienone is 2. The smallest absolute Gasteiger partial charge is 0.272 e. The standard InChI is InChI=1S/C23H13Cl6N3O5/c24-16-17(25)22(27)15-14(21(16,26)23(22,28)29)19(34)31(20(15)35)30(10-11-6-2-1-3-7-11)18(33)12-8-4-5-9-13(12)32(36)37/h1-9,14-15H,10H2/t14-,15-,21+,22+/m0/s1. The Morgan fingerprint density at radius 1 is 0.892 bits per heavy atom. The summed E-state index contributed by atoms with van der Waals surface area (Å²) in [4.78, 5) is 48.2. The van der Waals surface area contributed by atoms with Crippen LogP contribution in [-0.4, -0.2) is 46.7 Å². The summed E-state index contributed by atoms with van der Waals surface area (Å²) in [5, 5.41) is 12.5. The third kappa shape index (κ3) is 3.27. The highest BCUT2D eigenvalue weighted by molar-refractivity contribution is 6.66. The molecule has 5 rings (SSSR count). The van der Waals surface area contributed by atoms with Crippen molar-refractivity contribution >= 4 is 93.0 Å². The van der Waals surface area contributed by atoms with E-state index in [4.69, 9.17) is 69.6 Å². The van der Waals surface area contributed by atoms with Gasteiger partial charge in [-0.05, 0) is 11.6 Å². The first-order valence-electron chi connectivity index (χ1n) is 10.6. The van der Waals surface area contributed by atoms with Crippen molar-refractivity contribution in [1.29, 1.82) is 0 Å². The molecule has 1 saturated carbocycles. The van der Waals surface area contributed by atoms with Crippen LogP contribution in [0.5, 0.6) is 0 Å². The van der Waals surface area contributed by atoms with Gasteiger partial charge in [0.25, 0.3) is 23.4 Å². The molecule has 0 aromatic heterocycles. The number of carbonyl (C=O) groups excluding carboxylic acids is 3. The summed E-state index contributed by atoms with van der Waals surface area (Å²) in [6.45, 7) is -0.297. The zero-order valence-corrected chi connectivity index (χ0v) is 22.7. The Morgan fingerprint density at radius 3 is 1.89 bits per heavy atom. The molecule has 2 aromatic rings. The lowest BCUT2D eigenvalue weighted by Gasteiger charge is -2.37. The second-order valence-electron chi connectivity index (χ2n) is 8.69. The summed E-state index contributed by atoms with van der Waals surface area (Å²) in [5.74, 6) is -5.83. The van der Waals surface area contributed by atoms with Gasteiger partial charge in [0.2, 0.25) is 0 Å². The molecule has 0 N–H and O–H groups in total. The van der Waals surface area contributed by atoms with E-state index in [1.165, 1.54) is 18.2 Å². The van der Waals surface area contributed by atoms with Gasteiger partial charge in [-0.1, -0.05) is 88.9 Å². The molecule has 8 nitrogen and oxygen atoms in total. The van der Waals surface area contributed by atoms with Crippen molar-refractivity contribution in [3.8, 4) is 0 Å². The fourth-order valence-electron chi connectivity index (χ4n) is 5.16. The van der Waals surface area contributed by atoms with Crippen LogP contribution in [0.3, 0.4) is 0 Å². The molecule has 2 aromatic carbocycles. The molecule has 4 atom stereocenters. The van der Waals surface area contributed by atoms with Crippen molar-refractivity contribution in [2.75, 3.05) is 0 Å². The van der Waals surface area contributed by atoms with Gasteiger partial charge in [-0.3, -0.25) is 24.5 Å². The van der Waals surface area contributed by atoms with Crippen molar-refractivity contribution in [3.63, 3.8) is 0 Å². The maximum absolute atomic E-state index is 13.9. The van der Waals surface area contributed by atoms with Crippen LogP contribution in [0.1, 0.15) is 15.9 Å². The van der Waals surface area contributed by atoms with E-state index in [0.29, 0.717) is 10.6 Å². The molecular weight excluding hydrogens is 611 g/mol. The van der Waals surface area contributed by atoms with E-state index >= 15 is 0 Å². The minimum absolute atomic E-state index is 0.278. The fourth-order valence-corrected chi connectivity index (χ4v) is 8.09. The molecule has 1 saturated heterocycles. The van der Waals surface area contributed by atoms with Gasteiger partial charge < -0.3 is 0 Å². The Kier molecular flexibility index (Phi) is 6.26. The number of rotatable bonds is 5. The molecule has 0 spiro atoms. The Balaban J connectivity index is 1.65. The van der Waals surface area contributed by atoms with Gasteiger partial charge in [-0.25, -0.2) is 5.01 Å². The molecule has 1 aliphatic heterocycles. The number of alkyl halides is 4. The molecule has 0 radical (unpaired) electrons. The summed E-state index contributed by atoms with van der Waals surface area (Å²) >= 11 is 39.3. The summed E-state index contributed by atoms with van der Waals surface area (Å²) in [7, 11) is 0. The quantitative estimate of drug-likeness (QED) is 0.187. The van der Waals surface area contributed by atoms with E-state index in [2.05, 4.69) is 0 Å². The Labute approximate surface area is 239 Å². The van der Waals surface area contributed by atoms with Crippen molar-refractivity contribution in [2.45, 2.75) is 20.6 Å². The number of benzene rings is 2. The monoisotopic (exact) mass is 621 g/mol. The van der Waals surface area contributed by atoms with E-state index in [9.17, 15) is 24.5 Å². The number of carbonyl (C=O) groups is 3. The van der Waals surface area contributed by atoms with Crippen LogP contribution >= 0.6 is 69.6 Å². The van der Waals surface area contributed by atoms with Gasteiger partial charge >= 0.3 is 0 Å². The number of fused-ring (bicyclic) bond motifs is 5. The van der Waals surface area contributed by atoms with E-state index < -0.39 is 54.2 Å². The normalized spacial score (nSPS) is 29.6. The largest absolute Gasteiger partial charge is 0.282 e. The number of nitro groups is 1. The molecule has 2 aliphatic carbocycles. The van der Waals surface area contributed by atoms with Crippen molar-refractivity contribution < 1.29 is 19.3 Å². The maximum atomic E-state index is 13.9. The summed E-state index contributed by atoms with van der Waals surface area (Å²) < 4.78 is -2.14. The minimum Gasteiger partial charge on any atom is -0.272 e. The summed E-state index contributed by atoms with van der Waals surface area (Å²) in [5.41, 5.74) is -0.334. The average molecular weight is 624 g/mol. The minimum atomic E-state index is -2.14. The number of amides is 3. The first kappa shape index (κ1) is 26.5. The molecule has 3 amide bonds. The number of hydrogen-bond donors (Lipinski definition) is 0. The lowest BCUT2D eigenvalue weighted by atomic mass is 9.84. The molecule has 14 heteroatoms. The highest BCUT2D eigenvalue weighted by Gasteiger charge is 2.88. The SMILES string of the molecule is O=C(c1ccccc1[N+](=O)[O-])N(Cc1ccccc1)N1C(=O)[C@@H]2[C@@H](C1=O)[C@@]1(Cl)C(Cl)=C(Cl)[C@@]2(Cl)C1(Cl)Cl. The fraction of sp³-hybridized carbons (Fsp3) is 0.261. The Bertz CT molecular complexity index is 1370. The number of nitrogens with zero attached hydrogens (tertiary/aromatic N) is 3. The Hall–Kier alpha value is -2.07. The first-order chi connectivity index (χ1) is 17.3. The molecule has 2 bridgehead atoms. The molecule has 1 heterocycles. The number of halogens is 6. The van der Waals surface area contributed by atoms with E-state index in [-0.39, 0.29) is 22.2 Å². The van der Waals surface area contributed by atoms with Gasteiger partial charge in [0, 0.05) is 6.07 Å². The lowest BCUT2D eigenvalue weighted by Crippen LogP contribution is -2.55. The molecular formula is C23H13Cl6N3O5. The van der Waals surface area contributed by atoms with E-state index in [1.54, 1.807) is 30.3 Å². The van der Waals surface area contributed by atoms with Crippen LogP contribution in [0.15, 0.2) is 64.7 Å². The van der Waals surface area contributed by atoms with Gasteiger partial charge in [-0.2, -0.15) is 5.01 Å². The van der Waals surface area contributed by atoms with Gasteiger partial charge in [0.15, 0.2) is 4.33 Å². The zero-order valence-electron chi connectivity index (χ0n) is 18.2. The van der Waals surface area contributed by atoms with Crippen molar-refractivity contribution in [3.05, 3.63) is 85.9 Å². The molecule has 37 heavy (non-hydrogen) atoms. The first-order valence-corrected chi connectivity index (χ1v) is 12.9. The van der Waals surface area contributed by atoms with Crippen LogP contribution in [0.2, 0.25) is 0 Å². The number of nitro benzene ring substituents is 1. The molecule has 192 valence electrons. The maximum Gasteiger partial charge on any atom is 0.282 e. The number of hydrogen-bond acceptors (Lipinski definition) is 5. The average Bonchev–Trinajstić information content (AvgIpc) is 3.26. The predicted molar refractivity (Wildman–Crippen MR) is 139 cm³/mol. The molecule has 2 fully saturated rings. The van der Waals surface area contributed by atoms with E-state index in [1.807, 2.05) is 0 Å². The van der Waals surface area contributed by atoms with Gasteiger partial charge in [0.1, 0.15) is 15.3 Å². The number of para-hydroxylation sites is 1. The van der Waals surface area contributed by atoms with Crippen LogP contribution in [-0.2, 0) is 16.1 Å². The second-order valence-corrected chi connectivity index (χ2v) is 12.0. The third-order valence-electron chi connectivity index (χ3n) is 6.87. The van der Waals surface area contributed by atoms with Crippen LogP contribution in [0.25, 0.3) is 0 Å². The van der Waals surface area contributed by atoms with Gasteiger partial charge in [-0.15, -0.1) is 23.2 Å². The van der Waals surface area contributed by atoms with Crippen LogP contribution < -0.4 is 0 Å². The predicted octanol–water partition coefficient (Wildman–Crippen LogP) is 5.60. The topological polar surface area (TPSA) is 101 Å². The number of hydrazine groups is 1. The Morgan fingerprint density at radius 2 is 1.38 bits per heavy atom. The highest BCUT2D eigenvalue weighted by Crippen LogP contribution is 2.77. The lowest BCUT2D eigenvalue weighted by molar-refractivity contribution is -0.385. The third-order valence-corrected chi connectivity index (χ3v) is 11.1. The van der Waals surface area contributed by atoms with Crippen molar-refractivity contribution in [1.82, 2.24) is 10.0 Å². The molecule has 3 aliphatic rings.